The zero-order chi connectivity index (χ0) is 15.2. The van der Waals surface area contributed by atoms with Crippen LogP contribution >= 0.6 is 15.9 Å². The van der Waals surface area contributed by atoms with Gasteiger partial charge in [-0.15, -0.1) is 0 Å². The average molecular weight is 351 g/mol. The van der Waals surface area contributed by atoms with Crippen LogP contribution in [0.25, 0.3) is 0 Å². The van der Waals surface area contributed by atoms with E-state index in [2.05, 4.69) is 22.9 Å². The lowest BCUT2D eigenvalue weighted by molar-refractivity contribution is 0.214. The average Bonchev–Trinajstić information content (AvgIpc) is 2.52. The summed E-state index contributed by atoms with van der Waals surface area (Å²) in [4.78, 5) is 0. The van der Waals surface area contributed by atoms with Gasteiger partial charge in [-0.25, -0.2) is 0 Å². The zero-order valence-corrected chi connectivity index (χ0v) is 13.8. The molecule has 0 aliphatic carbocycles. The van der Waals surface area contributed by atoms with E-state index >= 15 is 0 Å². The highest BCUT2D eigenvalue weighted by Gasteiger charge is 2.16. The van der Waals surface area contributed by atoms with E-state index in [9.17, 15) is 5.11 Å². The third-order valence-corrected chi connectivity index (χ3v) is 3.65. The lowest BCUT2D eigenvalue weighted by atomic mass is 10.0. The number of benzene rings is 2. The first kappa shape index (κ1) is 15.9. The van der Waals surface area contributed by atoms with E-state index in [0.717, 1.165) is 27.8 Å². The van der Waals surface area contributed by atoms with Crippen LogP contribution in [0.1, 0.15) is 30.6 Å². The fourth-order valence-electron chi connectivity index (χ4n) is 2.06. The van der Waals surface area contributed by atoms with Gasteiger partial charge in [-0.2, -0.15) is 0 Å². The summed E-state index contributed by atoms with van der Waals surface area (Å²) in [5.74, 6) is 1.48. The minimum absolute atomic E-state index is 0.664. The van der Waals surface area contributed by atoms with Gasteiger partial charge in [-0.05, 0) is 42.3 Å². The van der Waals surface area contributed by atoms with E-state index in [0.29, 0.717) is 12.4 Å². The Hall–Kier alpha value is -1.52. The Morgan fingerprint density at radius 3 is 2.48 bits per heavy atom. The second-order valence-electron chi connectivity index (χ2n) is 4.71. The summed E-state index contributed by atoms with van der Waals surface area (Å²) < 4.78 is 11.8. The Kier molecular flexibility index (Phi) is 5.65. The number of rotatable bonds is 6. The molecule has 0 saturated carbocycles. The van der Waals surface area contributed by atoms with Gasteiger partial charge in [-0.1, -0.05) is 35.0 Å². The molecular weight excluding hydrogens is 332 g/mol. The van der Waals surface area contributed by atoms with Gasteiger partial charge in [0.2, 0.25) is 0 Å². The van der Waals surface area contributed by atoms with Crippen molar-refractivity contribution >= 4 is 15.9 Å². The molecule has 0 aliphatic rings. The molecule has 1 atom stereocenters. The molecule has 1 N–H and O–H groups in total. The van der Waals surface area contributed by atoms with E-state index in [1.807, 2.05) is 42.5 Å². The number of aliphatic hydroxyl groups excluding tert-OH is 1. The SMILES string of the molecule is CCCOc1ccc(C(O)c2cc(Br)ccc2OC)cc1. The molecule has 0 bridgehead atoms. The second-order valence-corrected chi connectivity index (χ2v) is 5.62. The van der Waals surface area contributed by atoms with Crippen molar-refractivity contribution < 1.29 is 14.6 Å². The van der Waals surface area contributed by atoms with Gasteiger partial charge in [-0.3, -0.25) is 0 Å². The Labute approximate surface area is 133 Å². The van der Waals surface area contributed by atoms with Gasteiger partial charge in [0, 0.05) is 10.0 Å². The zero-order valence-electron chi connectivity index (χ0n) is 12.2. The van der Waals surface area contributed by atoms with Gasteiger partial charge in [0.05, 0.1) is 13.7 Å². The molecule has 21 heavy (non-hydrogen) atoms. The topological polar surface area (TPSA) is 38.7 Å². The van der Waals surface area contributed by atoms with Crippen LogP contribution in [0, 0.1) is 0 Å². The van der Waals surface area contributed by atoms with Crippen molar-refractivity contribution in [2.24, 2.45) is 0 Å². The first-order chi connectivity index (χ1) is 10.2. The predicted molar refractivity (Wildman–Crippen MR) is 87.0 cm³/mol. The van der Waals surface area contributed by atoms with Gasteiger partial charge in [0.15, 0.2) is 0 Å². The smallest absolute Gasteiger partial charge is 0.125 e. The maximum absolute atomic E-state index is 10.6. The highest BCUT2D eigenvalue weighted by atomic mass is 79.9. The molecule has 2 aromatic carbocycles. The second kappa shape index (κ2) is 7.48. The monoisotopic (exact) mass is 350 g/mol. The van der Waals surface area contributed by atoms with Crippen molar-refractivity contribution in [3.05, 3.63) is 58.1 Å². The van der Waals surface area contributed by atoms with Crippen LogP contribution in [0.15, 0.2) is 46.9 Å². The highest BCUT2D eigenvalue weighted by molar-refractivity contribution is 9.10. The minimum Gasteiger partial charge on any atom is -0.496 e. The van der Waals surface area contributed by atoms with Crippen molar-refractivity contribution in [2.45, 2.75) is 19.4 Å². The summed E-state index contributed by atoms with van der Waals surface area (Å²) in [6.07, 6.45) is 0.234. The molecule has 112 valence electrons. The van der Waals surface area contributed by atoms with Crippen molar-refractivity contribution in [3.63, 3.8) is 0 Å². The summed E-state index contributed by atoms with van der Waals surface area (Å²) in [6, 6.07) is 13.1. The van der Waals surface area contributed by atoms with E-state index in [-0.39, 0.29) is 0 Å². The molecule has 2 aromatic rings. The standard InChI is InChI=1S/C17H19BrO3/c1-3-10-21-14-7-4-12(5-8-14)17(19)15-11-13(18)6-9-16(15)20-2/h4-9,11,17,19H,3,10H2,1-2H3. The lowest BCUT2D eigenvalue weighted by Gasteiger charge is -2.16. The minimum atomic E-state index is -0.738. The maximum Gasteiger partial charge on any atom is 0.125 e. The quantitative estimate of drug-likeness (QED) is 0.842. The number of methoxy groups -OCH3 is 1. The number of aliphatic hydroxyl groups is 1. The molecule has 0 aromatic heterocycles. The molecule has 1 unspecified atom stereocenters. The number of ether oxygens (including phenoxy) is 2. The first-order valence-electron chi connectivity index (χ1n) is 6.90. The van der Waals surface area contributed by atoms with Crippen LogP contribution in [0.5, 0.6) is 11.5 Å². The van der Waals surface area contributed by atoms with Crippen LogP contribution in [-0.2, 0) is 0 Å². The van der Waals surface area contributed by atoms with E-state index < -0.39 is 6.10 Å². The van der Waals surface area contributed by atoms with Gasteiger partial charge in [0.1, 0.15) is 17.6 Å². The van der Waals surface area contributed by atoms with Crippen molar-refractivity contribution in [2.75, 3.05) is 13.7 Å². The lowest BCUT2D eigenvalue weighted by Crippen LogP contribution is -2.03. The Morgan fingerprint density at radius 2 is 1.86 bits per heavy atom. The van der Waals surface area contributed by atoms with Crippen LogP contribution < -0.4 is 9.47 Å². The summed E-state index contributed by atoms with van der Waals surface area (Å²) in [6.45, 7) is 2.76. The van der Waals surface area contributed by atoms with E-state index in [1.165, 1.54) is 0 Å². The number of hydrogen-bond acceptors (Lipinski definition) is 3. The molecule has 2 rings (SSSR count). The summed E-state index contributed by atoms with van der Waals surface area (Å²) >= 11 is 3.42. The molecule has 0 fully saturated rings. The fraction of sp³-hybridized carbons (Fsp3) is 0.294. The Morgan fingerprint density at radius 1 is 1.14 bits per heavy atom. The summed E-state index contributed by atoms with van der Waals surface area (Å²) in [5.41, 5.74) is 1.53. The Balaban J connectivity index is 2.23. The Bertz CT molecular complexity index is 581. The highest BCUT2D eigenvalue weighted by Crippen LogP contribution is 2.32. The van der Waals surface area contributed by atoms with Gasteiger partial charge >= 0.3 is 0 Å². The van der Waals surface area contributed by atoms with Crippen molar-refractivity contribution in [3.8, 4) is 11.5 Å². The van der Waals surface area contributed by atoms with Crippen LogP contribution in [-0.4, -0.2) is 18.8 Å². The third-order valence-electron chi connectivity index (χ3n) is 3.16. The van der Waals surface area contributed by atoms with Crippen molar-refractivity contribution in [1.82, 2.24) is 0 Å². The van der Waals surface area contributed by atoms with Gasteiger partial charge < -0.3 is 14.6 Å². The van der Waals surface area contributed by atoms with Gasteiger partial charge in [0.25, 0.3) is 0 Å². The molecule has 0 saturated heterocycles. The van der Waals surface area contributed by atoms with Crippen molar-refractivity contribution in [1.29, 1.82) is 0 Å². The van der Waals surface area contributed by atoms with E-state index in [1.54, 1.807) is 7.11 Å². The largest absolute Gasteiger partial charge is 0.496 e. The van der Waals surface area contributed by atoms with Crippen LogP contribution in [0.4, 0.5) is 0 Å². The number of halogens is 1. The molecule has 3 nitrogen and oxygen atoms in total. The first-order valence-corrected chi connectivity index (χ1v) is 7.69. The molecule has 0 amide bonds. The molecule has 0 heterocycles. The molecular formula is C17H19BrO3. The van der Waals surface area contributed by atoms with E-state index in [4.69, 9.17) is 9.47 Å². The maximum atomic E-state index is 10.6. The van der Waals surface area contributed by atoms with Crippen LogP contribution in [0.3, 0.4) is 0 Å². The van der Waals surface area contributed by atoms with Crippen LogP contribution in [0.2, 0.25) is 0 Å². The molecule has 0 radical (unpaired) electrons. The fourth-order valence-corrected chi connectivity index (χ4v) is 2.44. The summed E-state index contributed by atoms with van der Waals surface area (Å²) in [5, 5.41) is 10.6. The third kappa shape index (κ3) is 3.99. The number of hydrogen-bond donors (Lipinski definition) is 1. The molecule has 0 aliphatic heterocycles. The summed E-state index contributed by atoms with van der Waals surface area (Å²) in [7, 11) is 1.60. The normalized spacial score (nSPS) is 12.0. The predicted octanol–water partition coefficient (Wildman–Crippen LogP) is 4.33. The molecule has 0 spiro atoms. The molecule has 4 heteroatoms.